The molecule has 11 heteroatoms. The molecule has 4 rings (SSSR count). The Morgan fingerprint density at radius 2 is 1.95 bits per heavy atom. The first-order valence-corrected chi connectivity index (χ1v) is 13.2. The summed E-state index contributed by atoms with van der Waals surface area (Å²) in [7, 11) is 1.54. The Hall–Kier alpha value is -4.72. The summed E-state index contributed by atoms with van der Waals surface area (Å²) in [6.07, 6.45) is 4.32. The summed E-state index contributed by atoms with van der Waals surface area (Å²) in [5, 5.41) is 18.5. The lowest BCUT2D eigenvalue weighted by Gasteiger charge is -2.43. The van der Waals surface area contributed by atoms with Crippen molar-refractivity contribution in [1.29, 1.82) is 5.26 Å². The van der Waals surface area contributed by atoms with Gasteiger partial charge in [-0.05, 0) is 55.5 Å². The minimum absolute atomic E-state index is 0.0189. The maximum Gasteiger partial charge on any atom is 0.414 e. The van der Waals surface area contributed by atoms with Crippen molar-refractivity contribution in [2.45, 2.75) is 58.2 Å². The third kappa shape index (κ3) is 6.29. The van der Waals surface area contributed by atoms with Crippen molar-refractivity contribution in [2.24, 2.45) is 0 Å². The molecule has 40 heavy (non-hydrogen) atoms. The van der Waals surface area contributed by atoms with E-state index in [9.17, 15) is 14.9 Å². The van der Waals surface area contributed by atoms with Gasteiger partial charge in [0, 0.05) is 37.5 Å². The molecule has 0 spiro atoms. The predicted octanol–water partition coefficient (Wildman–Crippen LogP) is 4.66. The Balaban J connectivity index is 1.82. The van der Waals surface area contributed by atoms with Crippen molar-refractivity contribution in [3.63, 3.8) is 0 Å². The van der Waals surface area contributed by atoms with Crippen molar-refractivity contribution < 1.29 is 24.2 Å². The van der Waals surface area contributed by atoms with Crippen LogP contribution >= 0.6 is 0 Å². The number of rotatable bonds is 10. The van der Waals surface area contributed by atoms with Gasteiger partial charge >= 0.3 is 12.1 Å². The SMILES string of the molecule is CCOC(=O)N1c2ccc(OC)nc2[C@@H](N(Cc2cccc(C#N)c2)c2ncc(CCC(=O)O)cn2)C[C@H]1CC. The zero-order chi connectivity index (χ0) is 28.6. The highest BCUT2D eigenvalue weighted by molar-refractivity contribution is 5.90. The molecule has 2 atom stereocenters. The van der Waals surface area contributed by atoms with Gasteiger partial charge in [0.25, 0.3) is 0 Å². The molecule has 1 N–H and O–H groups in total. The van der Waals surface area contributed by atoms with Gasteiger partial charge in [-0.1, -0.05) is 19.1 Å². The molecule has 2 aromatic heterocycles. The number of carboxylic acid groups (broad SMARTS) is 1. The Bertz CT molecular complexity index is 1390. The Morgan fingerprint density at radius 1 is 1.18 bits per heavy atom. The molecule has 1 amide bonds. The summed E-state index contributed by atoms with van der Waals surface area (Å²) >= 11 is 0. The Kier molecular flexibility index (Phi) is 9.11. The summed E-state index contributed by atoms with van der Waals surface area (Å²) < 4.78 is 10.8. The Labute approximate surface area is 233 Å². The molecule has 3 heterocycles. The number of nitrogens with zero attached hydrogens (tertiary/aromatic N) is 6. The number of carboxylic acids is 1. The number of anilines is 2. The summed E-state index contributed by atoms with van der Waals surface area (Å²) in [4.78, 5) is 41.8. The number of aliphatic carboxylic acids is 1. The van der Waals surface area contributed by atoms with E-state index in [2.05, 4.69) is 16.0 Å². The average molecular weight is 545 g/mol. The first-order valence-electron chi connectivity index (χ1n) is 13.2. The molecule has 11 nitrogen and oxygen atoms in total. The van der Waals surface area contributed by atoms with E-state index in [0.717, 1.165) is 5.56 Å². The molecule has 0 aliphatic carbocycles. The number of aromatic nitrogens is 3. The number of benzene rings is 1. The van der Waals surface area contributed by atoms with Gasteiger partial charge in [0.15, 0.2) is 0 Å². The van der Waals surface area contributed by atoms with E-state index >= 15 is 0 Å². The van der Waals surface area contributed by atoms with Crippen LogP contribution in [0, 0.1) is 11.3 Å². The maximum atomic E-state index is 13.1. The summed E-state index contributed by atoms with van der Waals surface area (Å²) in [5.74, 6) is -0.0704. The Morgan fingerprint density at radius 3 is 2.60 bits per heavy atom. The first-order chi connectivity index (χ1) is 19.4. The fraction of sp³-hybridized carbons (Fsp3) is 0.379. The van der Waals surface area contributed by atoms with Crippen LogP contribution in [-0.4, -0.2) is 51.9 Å². The van der Waals surface area contributed by atoms with Crippen molar-refractivity contribution in [3.05, 3.63) is 71.2 Å². The third-order valence-corrected chi connectivity index (χ3v) is 6.82. The molecule has 208 valence electrons. The van der Waals surface area contributed by atoms with Crippen molar-refractivity contribution in [1.82, 2.24) is 15.0 Å². The maximum absolute atomic E-state index is 13.1. The standard InChI is InChI=1S/C29H32N6O5/c1-4-22-14-24(27-23(10-11-25(33-27)39-3)35(22)29(38)40-5-2)34(18-20-8-6-7-19(13-20)15-30)28-31-16-21(17-32-28)9-12-26(36)37/h6-8,10-11,13,16-17,22,24H,4-5,9,12,14,18H2,1-3H3,(H,36,37)/t22-,24+/m1/s1. The van der Waals surface area contributed by atoms with Crippen LogP contribution in [0.5, 0.6) is 5.88 Å². The minimum atomic E-state index is -0.890. The molecule has 1 aliphatic heterocycles. The van der Waals surface area contributed by atoms with Gasteiger partial charge in [0.05, 0.1) is 42.8 Å². The lowest BCUT2D eigenvalue weighted by atomic mass is 9.92. The second-order valence-electron chi connectivity index (χ2n) is 9.37. The highest BCUT2D eigenvalue weighted by Crippen LogP contribution is 2.43. The summed E-state index contributed by atoms with van der Waals surface area (Å²) in [6.45, 7) is 4.40. The van der Waals surface area contributed by atoms with Crippen LogP contribution in [0.15, 0.2) is 48.8 Å². The molecule has 1 aliphatic rings. The van der Waals surface area contributed by atoms with E-state index in [1.54, 1.807) is 36.4 Å². The number of carbonyl (C=O) groups excluding carboxylic acids is 1. The smallest absolute Gasteiger partial charge is 0.414 e. The second-order valence-corrected chi connectivity index (χ2v) is 9.37. The fourth-order valence-electron chi connectivity index (χ4n) is 4.88. The first kappa shape index (κ1) is 28.3. The number of hydrogen-bond acceptors (Lipinski definition) is 9. The number of carbonyl (C=O) groups is 2. The molecule has 3 aromatic rings. The van der Waals surface area contributed by atoms with Crippen molar-refractivity contribution >= 4 is 23.7 Å². The zero-order valence-corrected chi connectivity index (χ0v) is 22.8. The van der Waals surface area contributed by atoms with E-state index in [1.165, 1.54) is 7.11 Å². The van der Waals surface area contributed by atoms with Crippen molar-refractivity contribution in [2.75, 3.05) is 23.5 Å². The highest BCUT2D eigenvalue weighted by atomic mass is 16.6. The lowest BCUT2D eigenvalue weighted by molar-refractivity contribution is -0.136. The molecule has 1 aromatic carbocycles. The van der Waals surface area contributed by atoms with Crippen LogP contribution in [0.3, 0.4) is 0 Å². The van der Waals surface area contributed by atoms with Crippen LogP contribution in [0.1, 0.15) is 61.5 Å². The monoisotopic (exact) mass is 544 g/mol. The van der Waals surface area contributed by atoms with Gasteiger partial charge in [-0.15, -0.1) is 0 Å². The van der Waals surface area contributed by atoms with E-state index in [-0.39, 0.29) is 25.1 Å². The summed E-state index contributed by atoms with van der Waals surface area (Å²) in [6, 6.07) is 12.5. The molecular weight excluding hydrogens is 512 g/mol. The molecular formula is C29H32N6O5. The van der Waals surface area contributed by atoms with E-state index < -0.39 is 12.1 Å². The number of methoxy groups -OCH3 is 1. The van der Waals surface area contributed by atoms with Crippen LogP contribution in [0.4, 0.5) is 16.4 Å². The van der Waals surface area contributed by atoms with Crippen LogP contribution in [-0.2, 0) is 22.5 Å². The number of hydrogen-bond donors (Lipinski definition) is 1. The largest absolute Gasteiger partial charge is 0.481 e. The van der Waals surface area contributed by atoms with Crippen LogP contribution in [0.2, 0.25) is 0 Å². The van der Waals surface area contributed by atoms with Crippen LogP contribution in [0.25, 0.3) is 0 Å². The van der Waals surface area contributed by atoms with Gasteiger partial charge in [-0.2, -0.15) is 5.26 Å². The predicted molar refractivity (Wildman–Crippen MR) is 147 cm³/mol. The number of amides is 1. The van der Waals surface area contributed by atoms with E-state index in [4.69, 9.17) is 19.6 Å². The molecule has 0 saturated heterocycles. The molecule has 0 fully saturated rings. The van der Waals surface area contributed by atoms with E-state index in [0.29, 0.717) is 60.1 Å². The topological polar surface area (TPSA) is 142 Å². The number of fused-ring (bicyclic) bond motifs is 1. The van der Waals surface area contributed by atoms with Gasteiger partial charge in [0.1, 0.15) is 0 Å². The van der Waals surface area contributed by atoms with Crippen molar-refractivity contribution in [3.8, 4) is 11.9 Å². The molecule has 0 saturated carbocycles. The molecule has 0 unspecified atom stereocenters. The highest BCUT2D eigenvalue weighted by Gasteiger charge is 2.40. The van der Waals surface area contributed by atoms with Gasteiger partial charge in [0.2, 0.25) is 11.8 Å². The third-order valence-electron chi connectivity index (χ3n) is 6.82. The van der Waals surface area contributed by atoms with Crippen LogP contribution < -0.4 is 14.5 Å². The average Bonchev–Trinajstić information content (AvgIpc) is 2.98. The number of aryl methyl sites for hydroxylation is 1. The fourth-order valence-corrected chi connectivity index (χ4v) is 4.88. The number of pyridine rings is 1. The molecule has 0 bridgehead atoms. The number of nitriles is 1. The van der Waals surface area contributed by atoms with Gasteiger partial charge in [-0.3, -0.25) is 9.69 Å². The quantitative estimate of drug-likeness (QED) is 0.383. The normalized spacial score (nSPS) is 16.0. The van der Waals surface area contributed by atoms with Gasteiger partial charge in [-0.25, -0.2) is 19.7 Å². The zero-order valence-electron chi connectivity index (χ0n) is 22.8. The van der Waals surface area contributed by atoms with Gasteiger partial charge < -0.3 is 19.5 Å². The lowest BCUT2D eigenvalue weighted by Crippen LogP contribution is -2.48. The number of ether oxygens (including phenoxy) is 2. The minimum Gasteiger partial charge on any atom is -0.481 e. The second kappa shape index (κ2) is 12.9. The van der Waals surface area contributed by atoms with E-state index in [1.807, 2.05) is 36.1 Å². The molecule has 0 radical (unpaired) electrons. The summed E-state index contributed by atoms with van der Waals surface area (Å²) in [5.41, 5.74) is 3.36.